The first-order valence-electron chi connectivity index (χ1n) is 8.54. The summed E-state index contributed by atoms with van der Waals surface area (Å²) in [6, 6.07) is 5.21. The number of H-pyrrole nitrogens is 1. The van der Waals surface area contributed by atoms with Crippen LogP contribution in [0.2, 0.25) is 0 Å². The van der Waals surface area contributed by atoms with Gasteiger partial charge in [0.1, 0.15) is 0 Å². The topological polar surface area (TPSA) is 113 Å². The molecule has 1 fully saturated rings. The Balaban J connectivity index is 1.63. The number of amides is 3. The van der Waals surface area contributed by atoms with Crippen LogP contribution in [0.3, 0.4) is 0 Å². The summed E-state index contributed by atoms with van der Waals surface area (Å²) in [6.07, 6.45) is 4.40. The predicted molar refractivity (Wildman–Crippen MR) is 101 cm³/mol. The molecular formula is C17H23N5O2S. The number of hydrogen-bond donors (Lipinski definition) is 4. The van der Waals surface area contributed by atoms with Crippen LogP contribution in [0.1, 0.15) is 43.1 Å². The van der Waals surface area contributed by atoms with E-state index in [2.05, 4.69) is 27.8 Å². The van der Waals surface area contributed by atoms with Gasteiger partial charge < -0.3 is 16.4 Å². The number of nitrogens with zero attached hydrogens (tertiary/aromatic N) is 1. The molecule has 1 aromatic carbocycles. The summed E-state index contributed by atoms with van der Waals surface area (Å²) in [5.41, 5.74) is 6.79. The molecule has 134 valence electrons. The molecule has 3 amide bonds. The van der Waals surface area contributed by atoms with Crippen molar-refractivity contribution in [2.45, 2.75) is 43.9 Å². The van der Waals surface area contributed by atoms with Crippen LogP contribution < -0.4 is 16.4 Å². The first-order chi connectivity index (χ1) is 12.1. The SMILES string of the molecule is CCS[C@H]1CCC[C@@H](NC(=O)Nc2ccc3[nH]nc(C(N)=O)c3c2)C1. The van der Waals surface area contributed by atoms with E-state index in [1.807, 2.05) is 11.8 Å². The van der Waals surface area contributed by atoms with Gasteiger partial charge in [0.2, 0.25) is 0 Å². The molecular weight excluding hydrogens is 338 g/mol. The van der Waals surface area contributed by atoms with Gasteiger partial charge in [0.15, 0.2) is 5.69 Å². The standard InChI is InChI=1S/C17H23N5O2S/c1-2-25-12-5-3-4-10(8-12)19-17(24)20-11-6-7-14-13(9-11)15(16(18)23)22-21-14/h6-7,9-10,12H,2-5,8H2,1H3,(H2,18,23)(H,21,22)(H2,19,20,24)/t10-,12+/m1/s1. The fourth-order valence-electron chi connectivity index (χ4n) is 3.30. The predicted octanol–water partition coefficient (Wildman–Crippen LogP) is 2.85. The third kappa shape index (κ3) is 4.25. The first-order valence-corrected chi connectivity index (χ1v) is 9.58. The lowest BCUT2D eigenvalue weighted by Crippen LogP contribution is -2.41. The lowest BCUT2D eigenvalue weighted by Gasteiger charge is -2.29. The van der Waals surface area contributed by atoms with E-state index in [1.165, 1.54) is 6.42 Å². The van der Waals surface area contributed by atoms with E-state index in [0.29, 0.717) is 21.8 Å². The Morgan fingerprint density at radius 3 is 3.00 bits per heavy atom. The van der Waals surface area contributed by atoms with Crippen molar-refractivity contribution in [1.82, 2.24) is 15.5 Å². The Morgan fingerprint density at radius 1 is 1.40 bits per heavy atom. The number of nitrogens with one attached hydrogen (secondary N) is 3. The van der Waals surface area contributed by atoms with Crippen molar-refractivity contribution < 1.29 is 9.59 Å². The maximum atomic E-state index is 12.3. The van der Waals surface area contributed by atoms with E-state index in [0.717, 1.165) is 25.0 Å². The normalized spacial score (nSPS) is 20.4. The molecule has 7 nitrogen and oxygen atoms in total. The van der Waals surface area contributed by atoms with Gasteiger partial charge in [0.25, 0.3) is 5.91 Å². The highest BCUT2D eigenvalue weighted by molar-refractivity contribution is 7.99. The summed E-state index contributed by atoms with van der Waals surface area (Å²) in [6.45, 7) is 2.17. The van der Waals surface area contributed by atoms with E-state index in [-0.39, 0.29) is 17.8 Å². The monoisotopic (exact) mass is 361 g/mol. The zero-order chi connectivity index (χ0) is 17.8. The minimum absolute atomic E-state index is 0.172. The second-order valence-electron chi connectivity index (χ2n) is 6.24. The van der Waals surface area contributed by atoms with Crippen molar-refractivity contribution in [3.05, 3.63) is 23.9 Å². The number of rotatable bonds is 5. The number of nitrogens with two attached hydrogens (primary N) is 1. The Kier molecular flexibility index (Phi) is 5.47. The number of carbonyl (C=O) groups excluding carboxylic acids is 2. The molecule has 0 spiro atoms. The summed E-state index contributed by atoms with van der Waals surface area (Å²) in [5, 5.41) is 13.8. The molecule has 0 saturated heterocycles. The number of benzene rings is 1. The lowest BCUT2D eigenvalue weighted by atomic mass is 9.95. The van der Waals surface area contributed by atoms with Crippen LogP contribution in [0.25, 0.3) is 10.9 Å². The van der Waals surface area contributed by atoms with Crippen molar-refractivity contribution in [2.75, 3.05) is 11.1 Å². The number of aromatic nitrogens is 2. The van der Waals surface area contributed by atoms with Gasteiger partial charge in [0.05, 0.1) is 5.52 Å². The Morgan fingerprint density at radius 2 is 2.24 bits per heavy atom. The average Bonchev–Trinajstić information content (AvgIpc) is 2.98. The van der Waals surface area contributed by atoms with Crippen LogP contribution in [0.5, 0.6) is 0 Å². The van der Waals surface area contributed by atoms with Crippen LogP contribution in [0.15, 0.2) is 18.2 Å². The molecule has 0 bridgehead atoms. The van der Waals surface area contributed by atoms with Crippen molar-refractivity contribution in [1.29, 1.82) is 0 Å². The molecule has 1 aliphatic rings. The van der Waals surface area contributed by atoms with Gasteiger partial charge in [-0.25, -0.2) is 4.79 Å². The number of carbonyl (C=O) groups is 2. The molecule has 0 radical (unpaired) electrons. The molecule has 1 heterocycles. The Hall–Kier alpha value is -2.22. The summed E-state index contributed by atoms with van der Waals surface area (Å²) >= 11 is 1.97. The fraction of sp³-hybridized carbons (Fsp3) is 0.471. The molecule has 2 aromatic rings. The third-order valence-corrected chi connectivity index (χ3v) is 5.65. The largest absolute Gasteiger partial charge is 0.364 e. The third-order valence-electron chi connectivity index (χ3n) is 4.42. The molecule has 0 unspecified atom stereocenters. The number of anilines is 1. The van der Waals surface area contributed by atoms with Gasteiger partial charge in [-0.3, -0.25) is 9.89 Å². The highest BCUT2D eigenvalue weighted by Gasteiger charge is 2.23. The van der Waals surface area contributed by atoms with E-state index < -0.39 is 5.91 Å². The van der Waals surface area contributed by atoms with Crippen LogP contribution in [0.4, 0.5) is 10.5 Å². The van der Waals surface area contributed by atoms with E-state index >= 15 is 0 Å². The highest BCUT2D eigenvalue weighted by atomic mass is 32.2. The van der Waals surface area contributed by atoms with Crippen LogP contribution >= 0.6 is 11.8 Å². The number of hydrogen-bond acceptors (Lipinski definition) is 4. The van der Waals surface area contributed by atoms with Gasteiger partial charge in [-0.15, -0.1) is 0 Å². The van der Waals surface area contributed by atoms with Gasteiger partial charge in [0, 0.05) is 22.4 Å². The zero-order valence-electron chi connectivity index (χ0n) is 14.2. The van der Waals surface area contributed by atoms with E-state index in [4.69, 9.17) is 5.73 Å². The van der Waals surface area contributed by atoms with Crippen LogP contribution in [-0.2, 0) is 0 Å². The summed E-state index contributed by atoms with van der Waals surface area (Å²) < 4.78 is 0. The molecule has 8 heteroatoms. The summed E-state index contributed by atoms with van der Waals surface area (Å²) in [7, 11) is 0. The first kappa shape index (κ1) is 17.6. The van der Waals surface area contributed by atoms with Crippen LogP contribution in [-0.4, -0.2) is 39.2 Å². The number of aromatic amines is 1. The van der Waals surface area contributed by atoms with Crippen LogP contribution in [0, 0.1) is 0 Å². The number of fused-ring (bicyclic) bond motifs is 1. The maximum Gasteiger partial charge on any atom is 0.319 e. The molecule has 1 aromatic heterocycles. The molecule has 3 rings (SSSR count). The van der Waals surface area contributed by atoms with Crippen molar-refractivity contribution >= 4 is 40.3 Å². The van der Waals surface area contributed by atoms with E-state index in [9.17, 15) is 9.59 Å². The fourth-order valence-corrected chi connectivity index (χ4v) is 4.47. The Labute approximate surface area is 150 Å². The van der Waals surface area contributed by atoms with Gasteiger partial charge in [-0.1, -0.05) is 13.3 Å². The molecule has 25 heavy (non-hydrogen) atoms. The van der Waals surface area contributed by atoms with Crippen molar-refractivity contribution in [3.8, 4) is 0 Å². The quantitative estimate of drug-likeness (QED) is 0.656. The summed E-state index contributed by atoms with van der Waals surface area (Å²) in [5.74, 6) is 0.505. The number of urea groups is 1. The second kappa shape index (κ2) is 7.77. The zero-order valence-corrected chi connectivity index (χ0v) is 15.0. The highest BCUT2D eigenvalue weighted by Crippen LogP contribution is 2.28. The van der Waals surface area contributed by atoms with Gasteiger partial charge in [-0.2, -0.15) is 16.9 Å². The molecule has 0 aliphatic heterocycles. The molecule has 5 N–H and O–H groups in total. The molecule has 1 aliphatic carbocycles. The van der Waals surface area contributed by atoms with Gasteiger partial charge in [-0.05, 0) is 43.2 Å². The minimum Gasteiger partial charge on any atom is -0.364 e. The van der Waals surface area contributed by atoms with Crippen molar-refractivity contribution in [3.63, 3.8) is 0 Å². The number of thioether (sulfide) groups is 1. The molecule has 2 atom stereocenters. The molecule has 1 saturated carbocycles. The minimum atomic E-state index is -0.602. The lowest BCUT2D eigenvalue weighted by molar-refractivity contribution is 0.0997. The number of primary amides is 1. The van der Waals surface area contributed by atoms with Gasteiger partial charge >= 0.3 is 6.03 Å². The van der Waals surface area contributed by atoms with Crippen molar-refractivity contribution in [2.24, 2.45) is 5.73 Å². The smallest absolute Gasteiger partial charge is 0.319 e. The Bertz CT molecular complexity index is 773. The summed E-state index contributed by atoms with van der Waals surface area (Å²) in [4.78, 5) is 23.7. The maximum absolute atomic E-state index is 12.3. The second-order valence-corrected chi connectivity index (χ2v) is 7.81. The van der Waals surface area contributed by atoms with E-state index in [1.54, 1.807) is 18.2 Å². The average molecular weight is 361 g/mol.